The molecule has 106 valence electrons. The molecule has 2 nitrogen and oxygen atoms in total. The van der Waals surface area contributed by atoms with Gasteiger partial charge in [-0.2, -0.15) is 0 Å². The molecule has 1 aromatic carbocycles. The summed E-state index contributed by atoms with van der Waals surface area (Å²) in [7, 11) is 0. The summed E-state index contributed by atoms with van der Waals surface area (Å²) in [6, 6.07) is 8.60. The summed E-state index contributed by atoms with van der Waals surface area (Å²) in [4.78, 5) is 0. The quantitative estimate of drug-likeness (QED) is 0.805. The highest BCUT2D eigenvalue weighted by molar-refractivity contribution is 5.35. The summed E-state index contributed by atoms with van der Waals surface area (Å²) in [6.07, 6.45) is 5.09. The summed E-state index contributed by atoms with van der Waals surface area (Å²) in [6.45, 7) is 7.49. The van der Waals surface area contributed by atoms with Gasteiger partial charge in [-0.15, -0.1) is 0 Å². The number of phenolic OH excluding ortho intramolecular Hbond substituents is 1. The highest BCUT2D eigenvalue weighted by Gasteiger charge is 2.46. The van der Waals surface area contributed by atoms with Gasteiger partial charge in [0.2, 0.25) is 0 Å². The van der Waals surface area contributed by atoms with Gasteiger partial charge in [-0.3, -0.25) is 0 Å². The second-order valence-electron chi connectivity index (χ2n) is 5.70. The van der Waals surface area contributed by atoms with Crippen LogP contribution in [0.1, 0.15) is 52.0 Å². The van der Waals surface area contributed by atoms with Crippen LogP contribution in [0.3, 0.4) is 0 Å². The minimum Gasteiger partial charge on any atom is -0.508 e. The fourth-order valence-corrected chi connectivity index (χ4v) is 3.98. The van der Waals surface area contributed by atoms with Gasteiger partial charge in [0, 0.05) is 11.5 Å². The van der Waals surface area contributed by atoms with Crippen molar-refractivity contribution >= 4 is 0 Å². The van der Waals surface area contributed by atoms with Crippen molar-refractivity contribution in [2.45, 2.75) is 57.9 Å². The molecule has 2 bridgehead atoms. The van der Waals surface area contributed by atoms with Crippen LogP contribution in [0, 0.1) is 5.92 Å². The zero-order chi connectivity index (χ0) is 13.9. The van der Waals surface area contributed by atoms with E-state index in [2.05, 4.69) is 18.3 Å². The number of piperidine rings is 1. The Morgan fingerprint density at radius 1 is 1.26 bits per heavy atom. The van der Waals surface area contributed by atoms with E-state index in [1.807, 2.05) is 26.0 Å². The zero-order valence-corrected chi connectivity index (χ0v) is 12.4. The molecule has 3 atom stereocenters. The van der Waals surface area contributed by atoms with Crippen molar-refractivity contribution in [3.8, 4) is 5.75 Å². The first-order valence-corrected chi connectivity index (χ1v) is 7.75. The van der Waals surface area contributed by atoms with E-state index >= 15 is 0 Å². The zero-order valence-electron chi connectivity index (χ0n) is 12.4. The first kappa shape index (κ1) is 14.4. The molecule has 2 fully saturated rings. The molecule has 1 saturated heterocycles. The van der Waals surface area contributed by atoms with Crippen LogP contribution in [-0.2, 0) is 5.41 Å². The molecule has 3 rings (SSSR count). The van der Waals surface area contributed by atoms with Crippen molar-refractivity contribution in [2.24, 2.45) is 5.92 Å². The fraction of sp³-hybridized carbons (Fsp3) is 0.647. The van der Waals surface area contributed by atoms with Gasteiger partial charge in [0.25, 0.3) is 0 Å². The topological polar surface area (TPSA) is 32.3 Å². The van der Waals surface area contributed by atoms with Gasteiger partial charge in [-0.05, 0) is 49.4 Å². The highest BCUT2D eigenvalue weighted by Crippen LogP contribution is 2.48. The third-order valence-corrected chi connectivity index (χ3v) is 5.01. The minimum atomic E-state index is 0.299. The second-order valence-corrected chi connectivity index (χ2v) is 5.70. The molecule has 1 aliphatic heterocycles. The largest absolute Gasteiger partial charge is 0.508 e. The summed E-state index contributed by atoms with van der Waals surface area (Å²) in [5.41, 5.74) is 1.64. The maximum atomic E-state index is 9.71. The van der Waals surface area contributed by atoms with Crippen molar-refractivity contribution in [2.75, 3.05) is 6.54 Å². The van der Waals surface area contributed by atoms with E-state index in [0.29, 0.717) is 23.1 Å². The maximum absolute atomic E-state index is 9.71. The Morgan fingerprint density at radius 2 is 2.05 bits per heavy atom. The molecule has 2 aliphatic rings. The van der Waals surface area contributed by atoms with Gasteiger partial charge in [0.15, 0.2) is 0 Å². The molecule has 0 spiro atoms. The number of aromatic hydroxyl groups is 1. The lowest BCUT2D eigenvalue weighted by Gasteiger charge is -2.51. The normalized spacial score (nSPS) is 33.2. The Kier molecular flexibility index (Phi) is 4.51. The van der Waals surface area contributed by atoms with Crippen LogP contribution in [0.15, 0.2) is 24.3 Å². The molecule has 1 heterocycles. The number of benzene rings is 1. The van der Waals surface area contributed by atoms with Gasteiger partial charge >= 0.3 is 0 Å². The Hall–Kier alpha value is -1.02. The van der Waals surface area contributed by atoms with Crippen molar-refractivity contribution in [3.63, 3.8) is 0 Å². The van der Waals surface area contributed by atoms with Crippen molar-refractivity contribution in [3.05, 3.63) is 29.8 Å². The van der Waals surface area contributed by atoms with E-state index in [1.165, 1.54) is 31.2 Å². The van der Waals surface area contributed by atoms with E-state index in [4.69, 9.17) is 0 Å². The fourth-order valence-electron chi connectivity index (χ4n) is 3.98. The number of phenols is 1. The molecule has 0 radical (unpaired) electrons. The lowest BCUT2D eigenvalue weighted by Crippen LogP contribution is -2.55. The van der Waals surface area contributed by atoms with E-state index in [-0.39, 0.29) is 0 Å². The summed E-state index contributed by atoms with van der Waals surface area (Å²) in [5.74, 6) is 1.08. The van der Waals surface area contributed by atoms with Crippen LogP contribution in [0.4, 0.5) is 0 Å². The maximum Gasteiger partial charge on any atom is 0.115 e. The number of hydrogen-bond donors (Lipinski definition) is 2. The predicted octanol–water partition coefficient (Wildman–Crippen LogP) is 3.84. The molecule has 2 heteroatoms. The summed E-state index contributed by atoms with van der Waals surface area (Å²) >= 11 is 0. The van der Waals surface area contributed by atoms with Crippen LogP contribution in [0.2, 0.25) is 0 Å². The molecular weight excluding hydrogens is 234 g/mol. The number of fused-ring (bicyclic) bond motifs is 2. The highest BCUT2D eigenvalue weighted by atomic mass is 16.3. The van der Waals surface area contributed by atoms with Crippen LogP contribution in [-0.4, -0.2) is 17.7 Å². The SMILES string of the molecule is CC.CC1C2CCCC1(c1cccc(O)c1)CCN2. The third-order valence-electron chi connectivity index (χ3n) is 5.01. The lowest BCUT2D eigenvalue weighted by atomic mass is 9.58. The Morgan fingerprint density at radius 3 is 2.79 bits per heavy atom. The minimum absolute atomic E-state index is 0.299. The summed E-state index contributed by atoms with van der Waals surface area (Å²) < 4.78 is 0. The first-order chi connectivity index (χ1) is 9.22. The molecule has 0 amide bonds. The molecule has 1 aromatic rings. The van der Waals surface area contributed by atoms with Crippen molar-refractivity contribution < 1.29 is 5.11 Å². The molecule has 1 saturated carbocycles. The van der Waals surface area contributed by atoms with Gasteiger partial charge in [-0.1, -0.05) is 39.3 Å². The van der Waals surface area contributed by atoms with Crippen LogP contribution < -0.4 is 5.32 Å². The van der Waals surface area contributed by atoms with Gasteiger partial charge < -0.3 is 10.4 Å². The smallest absolute Gasteiger partial charge is 0.115 e. The Balaban J connectivity index is 0.000000637. The monoisotopic (exact) mass is 261 g/mol. The molecule has 19 heavy (non-hydrogen) atoms. The van der Waals surface area contributed by atoms with E-state index in [0.717, 1.165) is 6.54 Å². The average molecular weight is 261 g/mol. The Labute approximate surface area is 117 Å². The molecule has 1 aliphatic carbocycles. The molecular formula is C17H27NO. The van der Waals surface area contributed by atoms with Gasteiger partial charge in [0.1, 0.15) is 5.75 Å². The number of hydrogen-bond acceptors (Lipinski definition) is 2. The van der Waals surface area contributed by atoms with Crippen LogP contribution >= 0.6 is 0 Å². The number of rotatable bonds is 1. The first-order valence-electron chi connectivity index (χ1n) is 7.75. The van der Waals surface area contributed by atoms with E-state index < -0.39 is 0 Å². The van der Waals surface area contributed by atoms with Gasteiger partial charge in [0.05, 0.1) is 0 Å². The molecule has 0 aromatic heterocycles. The third kappa shape index (κ3) is 2.51. The second kappa shape index (κ2) is 5.96. The van der Waals surface area contributed by atoms with Crippen LogP contribution in [0.5, 0.6) is 5.75 Å². The van der Waals surface area contributed by atoms with E-state index in [9.17, 15) is 5.11 Å². The standard InChI is InChI=1S/C15H21NO.C2H6/c1-11-14-6-3-7-15(11,8-9-16-14)12-4-2-5-13(17)10-12;1-2/h2,4-5,10-11,14,16-17H,3,6-9H2,1H3;1-2H3. The lowest BCUT2D eigenvalue weighted by molar-refractivity contribution is 0.101. The average Bonchev–Trinajstić information content (AvgIpc) is 2.41. The summed E-state index contributed by atoms with van der Waals surface area (Å²) in [5, 5.41) is 13.4. The molecule has 3 unspecified atom stereocenters. The van der Waals surface area contributed by atoms with Crippen molar-refractivity contribution in [1.29, 1.82) is 0 Å². The van der Waals surface area contributed by atoms with Crippen molar-refractivity contribution in [1.82, 2.24) is 5.32 Å². The number of nitrogens with one attached hydrogen (secondary N) is 1. The van der Waals surface area contributed by atoms with Gasteiger partial charge in [-0.25, -0.2) is 0 Å². The molecule has 2 N–H and O–H groups in total. The van der Waals surface area contributed by atoms with Crippen LogP contribution in [0.25, 0.3) is 0 Å². The predicted molar refractivity (Wildman–Crippen MR) is 80.6 cm³/mol. The Bertz CT molecular complexity index is 405. The van der Waals surface area contributed by atoms with E-state index in [1.54, 1.807) is 6.07 Å².